The van der Waals surface area contributed by atoms with Gasteiger partial charge in [-0.25, -0.2) is 0 Å². The molecule has 3 aromatic rings. The second kappa shape index (κ2) is 18.5. The highest BCUT2D eigenvalue weighted by Crippen LogP contribution is 2.40. The molecule has 0 N–H and O–H groups in total. The minimum absolute atomic E-state index is 0.109. The van der Waals surface area contributed by atoms with E-state index in [1.54, 1.807) is 13.2 Å². The van der Waals surface area contributed by atoms with Crippen LogP contribution in [0.15, 0.2) is 48.5 Å². The number of piperidine rings is 1. The molecule has 1 atom stereocenters. The molecule has 2 aliphatic rings. The van der Waals surface area contributed by atoms with Gasteiger partial charge in [-0.15, -0.1) is 0 Å². The van der Waals surface area contributed by atoms with Crippen molar-refractivity contribution in [2.75, 3.05) is 26.8 Å². The van der Waals surface area contributed by atoms with Crippen LogP contribution in [-0.4, -0.2) is 54.4 Å². The zero-order chi connectivity index (χ0) is 33.6. The Morgan fingerprint density at radius 2 is 1.72 bits per heavy atom. The summed E-state index contributed by atoms with van der Waals surface area (Å²) in [4.78, 5) is 36.1. The maximum Gasteiger partial charge on any atom is 0.306 e. The minimum Gasteiger partial charge on any atom is -0.496 e. The summed E-state index contributed by atoms with van der Waals surface area (Å²) in [5.74, 6) is 1.31. The van der Waals surface area contributed by atoms with Crippen molar-refractivity contribution in [2.45, 2.75) is 85.9 Å². The van der Waals surface area contributed by atoms with E-state index >= 15 is 0 Å². The summed E-state index contributed by atoms with van der Waals surface area (Å²) in [5.41, 5.74) is 5.39. The summed E-state index contributed by atoms with van der Waals surface area (Å²) < 4.78 is 18.6. The molecule has 2 aromatic carbocycles. The molecule has 1 fully saturated rings. The maximum atomic E-state index is 11.5. The lowest BCUT2D eigenvalue weighted by Crippen LogP contribution is -2.38. The second-order valence-electron chi connectivity index (χ2n) is 11.5. The molecular weight excluding hydrogens is 604 g/mol. The average molecular weight is 653 g/mol. The van der Waals surface area contributed by atoms with Gasteiger partial charge in [-0.1, -0.05) is 57.3 Å². The van der Waals surface area contributed by atoms with Crippen LogP contribution in [0, 0.1) is 12.8 Å². The molecule has 2 aliphatic heterocycles. The number of esters is 1. The normalized spacial score (nSPS) is 15.5. The topological polar surface area (TPSA) is 87.1 Å². The number of hydrogen-bond donors (Lipinski definition) is 0. The smallest absolute Gasteiger partial charge is 0.306 e. The van der Waals surface area contributed by atoms with Crippen molar-refractivity contribution in [3.63, 3.8) is 0 Å². The number of aldehydes is 1. The highest BCUT2D eigenvalue weighted by molar-refractivity contribution is 6.30. The first kappa shape index (κ1) is 36.8. The van der Waals surface area contributed by atoms with E-state index in [0.717, 1.165) is 66.0 Å². The van der Waals surface area contributed by atoms with Crippen LogP contribution in [0.4, 0.5) is 0 Å². The number of nitrogens with zero attached hydrogens (tertiary/aromatic N) is 2. The van der Waals surface area contributed by atoms with Gasteiger partial charge in [0.25, 0.3) is 0 Å². The SMILES string of the molecule is CCCC.CCOC(=O)CC1CCN(C(=O)CC)CC1.COc1cccc([C@H]2OCc3ccc(C=O)n3-c3ccc(Cl)cc32)c1C. The number of amides is 1. The fourth-order valence-electron chi connectivity index (χ4n) is 5.65. The zero-order valence-electron chi connectivity index (χ0n) is 28.1. The van der Waals surface area contributed by atoms with Gasteiger partial charge >= 0.3 is 5.97 Å². The van der Waals surface area contributed by atoms with Crippen molar-refractivity contribution >= 4 is 29.8 Å². The van der Waals surface area contributed by atoms with Gasteiger partial charge in [0.2, 0.25) is 5.91 Å². The molecule has 1 amide bonds. The van der Waals surface area contributed by atoms with E-state index in [4.69, 9.17) is 25.8 Å². The van der Waals surface area contributed by atoms with Gasteiger partial charge in [0.15, 0.2) is 6.29 Å². The van der Waals surface area contributed by atoms with Gasteiger partial charge in [0, 0.05) is 42.2 Å². The van der Waals surface area contributed by atoms with E-state index in [1.807, 2.05) is 72.7 Å². The van der Waals surface area contributed by atoms with Gasteiger partial charge < -0.3 is 23.7 Å². The Morgan fingerprint density at radius 3 is 2.33 bits per heavy atom. The van der Waals surface area contributed by atoms with Crippen molar-refractivity contribution in [2.24, 2.45) is 5.92 Å². The largest absolute Gasteiger partial charge is 0.496 e. The molecule has 9 heteroatoms. The summed E-state index contributed by atoms with van der Waals surface area (Å²) >= 11 is 6.30. The summed E-state index contributed by atoms with van der Waals surface area (Å²) in [6.45, 7) is 12.5. The molecule has 1 aromatic heterocycles. The van der Waals surface area contributed by atoms with Crippen LogP contribution < -0.4 is 4.74 Å². The molecule has 46 heavy (non-hydrogen) atoms. The first-order valence-corrected chi connectivity index (χ1v) is 16.7. The van der Waals surface area contributed by atoms with E-state index in [2.05, 4.69) is 13.8 Å². The predicted octanol–water partition coefficient (Wildman–Crippen LogP) is 8.27. The number of unbranched alkanes of at least 4 members (excludes halogenated alkanes) is 1. The number of fused-ring (bicyclic) bond motifs is 3. The Kier molecular flexibility index (Phi) is 14.8. The van der Waals surface area contributed by atoms with Crippen molar-refractivity contribution in [3.05, 3.63) is 81.6 Å². The van der Waals surface area contributed by atoms with Gasteiger partial charge in [-0.05, 0) is 80.1 Å². The monoisotopic (exact) mass is 652 g/mol. The van der Waals surface area contributed by atoms with Crippen molar-refractivity contribution in [1.82, 2.24) is 9.47 Å². The molecule has 5 rings (SSSR count). The number of ether oxygens (including phenoxy) is 3. The highest BCUT2D eigenvalue weighted by atomic mass is 35.5. The number of likely N-dealkylation sites (tertiary alicyclic amines) is 1. The Bertz CT molecular complexity index is 1440. The molecule has 0 radical (unpaired) electrons. The number of carbonyl (C=O) groups excluding carboxylic acids is 3. The van der Waals surface area contributed by atoms with Gasteiger partial charge in [-0.2, -0.15) is 0 Å². The van der Waals surface area contributed by atoms with Crippen LogP contribution in [0.25, 0.3) is 5.69 Å². The number of rotatable bonds is 8. The summed E-state index contributed by atoms with van der Waals surface area (Å²) in [5, 5.41) is 0.626. The second-order valence-corrected chi connectivity index (χ2v) is 11.9. The van der Waals surface area contributed by atoms with Gasteiger partial charge in [0.05, 0.1) is 31.7 Å². The molecule has 3 heterocycles. The van der Waals surface area contributed by atoms with Crippen LogP contribution >= 0.6 is 11.6 Å². The molecule has 1 saturated heterocycles. The maximum absolute atomic E-state index is 11.5. The summed E-state index contributed by atoms with van der Waals surface area (Å²) in [6.07, 6.45) is 6.11. The predicted molar refractivity (Wildman–Crippen MR) is 182 cm³/mol. The molecule has 0 aliphatic carbocycles. The number of aromatic nitrogens is 1. The molecule has 0 bridgehead atoms. The van der Waals surface area contributed by atoms with Crippen LogP contribution in [0.2, 0.25) is 5.02 Å². The Hall–Kier alpha value is -3.62. The number of benzene rings is 2. The first-order chi connectivity index (χ1) is 22.2. The fourth-order valence-corrected chi connectivity index (χ4v) is 5.83. The van der Waals surface area contributed by atoms with Gasteiger partial charge in [0.1, 0.15) is 11.9 Å². The molecule has 0 unspecified atom stereocenters. The number of methoxy groups -OCH3 is 1. The Balaban J connectivity index is 0.000000247. The van der Waals surface area contributed by atoms with E-state index in [9.17, 15) is 14.4 Å². The van der Waals surface area contributed by atoms with Crippen LogP contribution in [-0.2, 0) is 25.7 Å². The first-order valence-electron chi connectivity index (χ1n) is 16.4. The lowest BCUT2D eigenvalue weighted by molar-refractivity contribution is -0.144. The van der Waals surface area contributed by atoms with Crippen molar-refractivity contribution in [3.8, 4) is 11.4 Å². The van der Waals surface area contributed by atoms with Crippen LogP contribution in [0.1, 0.15) is 105 Å². The van der Waals surface area contributed by atoms with E-state index in [-0.39, 0.29) is 18.0 Å². The Labute approximate surface area is 279 Å². The minimum atomic E-state index is -0.307. The lowest BCUT2D eigenvalue weighted by Gasteiger charge is -2.31. The number of carbonyl (C=O) groups is 3. The molecule has 250 valence electrons. The molecular formula is C37H49ClN2O6. The summed E-state index contributed by atoms with van der Waals surface area (Å²) in [6, 6.07) is 15.3. The third-order valence-corrected chi connectivity index (χ3v) is 8.62. The highest BCUT2D eigenvalue weighted by Gasteiger charge is 2.28. The third kappa shape index (κ3) is 9.46. The zero-order valence-corrected chi connectivity index (χ0v) is 28.9. The van der Waals surface area contributed by atoms with E-state index < -0.39 is 0 Å². The van der Waals surface area contributed by atoms with Crippen LogP contribution in [0.3, 0.4) is 0 Å². The molecule has 0 spiro atoms. The average Bonchev–Trinajstić information content (AvgIpc) is 3.41. The third-order valence-electron chi connectivity index (χ3n) is 8.38. The number of hydrogen-bond acceptors (Lipinski definition) is 6. The summed E-state index contributed by atoms with van der Waals surface area (Å²) in [7, 11) is 1.66. The lowest BCUT2D eigenvalue weighted by atomic mass is 9.93. The molecule has 0 saturated carbocycles. The Morgan fingerprint density at radius 1 is 1.00 bits per heavy atom. The standard InChI is InChI=1S/C21H18ClNO3.C12H21NO3.C4H10/c1-13-17(4-3-5-20(13)25-2)21-18-10-14(22)6-9-19(18)23-15(11-24)7-8-16(23)12-26-21;1-3-11(14)13-7-5-10(6-8-13)9-12(15)16-4-2;1-3-4-2/h3-11,21H,12H2,1-2H3;10H,3-9H2,1-2H3;3-4H2,1-2H3/t21-;;/m1../s1. The van der Waals surface area contributed by atoms with Crippen molar-refractivity contribution in [1.29, 1.82) is 0 Å². The van der Waals surface area contributed by atoms with Gasteiger partial charge in [-0.3, -0.25) is 14.4 Å². The quantitative estimate of drug-likeness (QED) is 0.180. The van der Waals surface area contributed by atoms with Crippen molar-refractivity contribution < 1.29 is 28.6 Å². The molecule has 8 nitrogen and oxygen atoms in total. The van der Waals surface area contributed by atoms with Crippen LogP contribution in [0.5, 0.6) is 5.75 Å². The van der Waals surface area contributed by atoms with E-state index in [1.165, 1.54) is 12.8 Å². The number of halogens is 1. The fraction of sp³-hybridized carbons (Fsp3) is 0.486. The van der Waals surface area contributed by atoms with E-state index in [0.29, 0.717) is 42.7 Å².